The van der Waals surface area contributed by atoms with E-state index in [0.717, 1.165) is 24.0 Å². The Balaban J connectivity index is 1.44. The number of rotatable bonds is 7. The Kier molecular flexibility index (Phi) is 4.15. The van der Waals surface area contributed by atoms with Crippen molar-refractivity contribution in [2.45, 2.75) is 30.0 Å². The number of nitrogens with one attached hydrogen (secondary N) is 1. The molecule has 4 nitrogen and oxygen atoms in total. The van der Waals surface area contributed by atoms with E-state index >= 15 is 0 Å². The van der Waals surface area contributed by atoms with Crippen LogP contribution >= 0.6 is 11.8 Å². The summed E-state index contributed by atoms with van der Waals surface area (Å²) in [5.74, 6) is 3.06. The topological polar surface area (TPSA) is 51.0 Å². The number of hydrogen-bond donors (Lipinski definition) is 1. The quantitative estimate of drug-likeness (QED) is 0.787. The third-order valence-electron chi connectivity index (χ3n) is 3.03. The summed E-state index contributed by atoms with van der Waals surface area (Å²) in [5, 5.41) is 7.35. The van der Waals surface area contributed by atoms with Crippen molar-refractivity contribution in [1.82, 2.24) is 15.5 Å². The van der Waals surface area contributed by atoms with Gasteiger partial charge in [0.2, 0.25) is 5.89 Å². The lowest BCUT2D eigenvalue weighted by molar-refractivity contribution is 0.363. The van der Waals surface area contributed by atoms with E-state index in [1.807, 2.05) is 18.2 Å². The van der Waals surface area contributed by atoms with E-state index in [1.54, 1.807) is 11.8 Å². The van der Waals surface area contributed by atoms with E-state index < -0.39 is 0 Å². The zero-order valence-electron chi connectivity index (χ0n) is 10.7. The molecule has 2 aromatic rings. The second-order valence-corrected chi connectivity index (χ2v) is 5.83. The van der Waals surface area contributed by atoms with Crippen LogP contribution in [0.5, 0.6) is 0 Å². The molecule has 19 heavy (non-hydrogen) atoms. The fourth-order valence-electron chi connectivity index (χ4n) is 1.79. The maximum atomic E-state index is 5.22. The molecule has 0 radical (unpaired) electrons. The Morgan fingerprint density at radius 2 is 2.11 bits per heavy atom. The predicted molar refractivity (Wildman–Crippen MR) is 74.7 cm³/mol. The van der Waals surface area contributed by atoms with Crippen LogP contribution in [-0.4, -0.2) is 16.7 Å². The maximum Gasteiger partial charge on any atom is 0.240 e. The van der Waals surface area contributed by atoms with Crippen LogP contribution in [0.1, 0.15) is 24.6 Å². The standard InChI is InChI=1S/C14H17N3OS/c1-2-4-12(5-3-1)19-10-13-16-14(18-17-13)9-15-8-11-6-7-11/h1-5,11,15H,6-10H2. The van der Waals surface area contributed by atoms with Gasteiger partial charge in [0.1, 0.15) is 0 Å². The molecule has 5 heteroatoms. The van der Waals surface area contributed by atoms with Gasteiger partial charge in [-0.05, 0) is 37.4 Å². The first-order valence-corrected chi connectivity index (χ1v) is 7.59. The van der Waals surface area contributed by atoms with Crippen LogP contribution in [0.2, 0.25) is 0 Å². The lowest BCUT2D eigenvalue weighted by Gasteiger charge is -1.97. The Labute approximate surface area is 117 Å². The summed E-state index contributed by atoms with van der Waals surface area (Å²) in [6.45, 7) is 1.75. The number of thioether (sulfide) groups is 1. The highest BCUT2D eigenvalue weighted by Gasteiger charge is 2.20. The average molecular weight is 275 g/mol. The van der Waals surface area contributed by atoms with Gasteiger partial charge in [-0.3, -0.25) is 0 Å². The molecule has 100 valence electrons. The zero-order chi connectivity index (χ0) is 12.9. The van der Waals surface area contributed by atoms with Gasteiger partial charge in [0, 0.05) is 4.90 Å². The van der Waals surface area contributed by atoms with Gasteiger partial charge in [-0.25, -0.2) is 0 Å². The summed E-state index contributed by atoms with van der Waals surface area (Å²) in [4.78, 5) is 5.60. The second-order valence-electron chi connectivity index (χ2n) is 4.78. The summed E-state index contributed by atoms with van der Waals surface area (Å²) in [5.41, 5.74) is 0. The lowest BCUT2D eigenvalue weighted by Crippen LogP contribution is -2.16. The van der Waals surface area contributed by atoms with E-state index in [0.29, 0.717) is 12.4 Å². The van der Waals surface area contributed by atoms with Gasteiger partial charge < -0.3 is 9.84 Å². The SMILES string of the molecule is c1ccc(SCc2noc(CNCC3CC3)n2)cc1. The van der Waals surface area contributed by atoms with Gasteiger partial charge in [0.05, 0.1) is 12.3 Å². The predicted octanol–water partition coefficient (Wildman–Crippen LogP) is 2.86. The van der Waals surface area contributed by atoms with Crippen molar-refractivity contribution in [3.05, 3.63) is 42.0 Å². The molecule has 0 bridgehead atoms. The zero-order valence-corrected chi connectivity index (χ0v) is 11.5. The first-order chi connectivity index (χ1) is 9.40. The molecule has 1 aliphatic rings. The Bertz CT molecular complexity index is 510. The molecule has 1 aliphatic carbocycles. The van der Waals surface area contributed by atoms with Gasteiger partial charge >= 0.3 is 0 Å². The highest BCUT2D eigenvalue weighted by molar-refractivity contribution is 7.98. The van der Waals surface area contributed by atoms with E-state index in [4.69, 9.17) is 4.52 Å². The molecule has 3 rings (SSSR count). The number of aromatic nitrogens is 2. The molecule has 1 aromatic carbocycles. The third kappa shape index (κ3) is 4.08. The van der Waals surface area contributed by atoms with E-state index in [1.165, 1.54) is 17.7 Å². The summed E-state index contributed by atoms with van der Waals surface area (Å²) in [6.07, 6.45) is 2.71. The Morgan fingerprint density at radius 3 is 2.89 bits per heavy atom. The molecule has 0 spiro atoms. The minimum absolute atomic E-state index is 0.680. The van der Waals surface area contributed by atoms with E-state index in [2.05, 4.69) is 27.6 Å². The first-order valence-electron chi connectivity index (χ1n) is 6.60. The van der Waals surface area contributed by atoms with Crippen LogP contribution in [0.3, 0.4) is 0 Å². The largest absolute Gasteiger partial charge is 0.338 e. The van der Waals surface area contributed by atoms with Crippen LogP contribution in [-0.2, 0) is 12.3 Å². The number of benzene rings is 1. The molecule has 0 amide bonds. The molecule has 1 heterocycles. The van der Waals surface area contributed by atoms with E-state index in [9.17, 15) is 0 Å². The molecule has 1 aromatic heterocycles. The smallest absolute Gasteiger partial charge is 0.240 e. The van der Waals surface area contributed by atoms with Gasteiger partial charge in [-0.15, -0.1) is 11.8 Å². The lowest BCUT2D eigenvalue weighted by atomic mass is 10.4. The van der Waals surface area contributed by atoms with Crippen molar-refractivity contribution in [3.63, 3.8) is 0 Å². The van der Waals surface area contributed by atoms with Crippen molar-refractivity contribution in [2.24, 2.45) is 5.92 Å². The van der Waals surface area contributed by atoms with Crippen molar-refractivity contribution in [3.8, 4) is 0 Å². The highest BCUT2D eigenvalue weighted by atomic mass is 32.2. The fraction of sp³-hybridized carbons (Fsp3) is 0.429. The normalized spacial score (nSPS) is 14.7. The average Bonchev–Trinajstić information content (AvgIpc) is 3.16. The number of hydrogen-bond acceptors (Lipinski definition) is 5. The van der Waals surface area contributed by atoms with Crippen molar-refractivity contribution in [2.75, 3.05) is 6.54 Å². The highest BCUT2D eigenvalue weighted by Crippen LogP contribution is 2.27. The van der Waals surface area contributed by atoms with Crippen molar-refractivity contribution in [1.29, 1.82) is 0 Å². The monoisotopic (exact) mass is 275 g/mol. The van der Waals surface area contributed by atoms with Gasteiger partial charge in [0.15, 0.2) is 5.82 Å². The van der Waals surface area contributed by atoms with Gasteiger partial charge in [-0.2, -0.15) is 4.98 Å². The van der Waals surface area contributed by atoms with E-state index in [-0.39, 0.29) is 0 Å². The maximum absolute atomic E-state index is 5.22. The molecule has 0 saturated heterocycles. The van der Waals surface area contributed by atoms with Crippen LogP contribution < -0.4 is 5.32 Å². The summed E-state index contributed by atoms with van der Waals surface area (Å²) < 4.78 is 5.22. The Morgan fingerprint density at radius 1 is 1.26 bits per heavy atom. The van der Waals surface area contributed by atoms with Gasteiger partial charge in [-0.1, -0.05) is 23.4 Å². The molecule has 0 unspecified atom stereocenters. The first kappa shape index (κ1) is 12.7. The molecule has 1 saturated carbocycles. The molecule has 0 atom stereocenters. The van der Waals surface area contributed by atoms with Crippen LogP contribution in [0, 0.1) is 5.92 Å². The summed E-state index contributed by atoms with van der Waals surface area (Å²) in [7, 11) is 0. The molecular weight excluding hydrogens is 258 g/mol. The van der Waals surface area contributed by atoms with Gasteiger partial charge in [0.25, 0.3) is 0 Å². The van der Waals surface area contributed by atoms with Crippen LogP contribution in [0.15, 0.2) is 39.8 Å². The Hall–Kier alpha value is -1.33. The summed E-state index contributed by atoms with van der Waals surface area (Å²) >= 11 is 1.72. The number of nitrogens with zero attached hydrogens (tertiary/aromatic N) is 2. The molecule has 1 N–H and O–H groups in total. The third-order valence-corrected chi connectivity index (χ3v) is 4.04. The van der Waals surface area contributed by atoms with Crippen LogP contribution in [0.25, 0.3) is 0 Å². The van der Waals surface area contributed by atoms with Crippen molar-refractivity contribution >= 4 is 11.8 Å². The second kappa shape index (κ2) is 6.21. The van der Waals surface area contributed by atoms with Crippen molar-refractivity contribution < 1.29 is 4.52 Å². The summed E-state index contributed by atoms with van der Waals surface area (Å²) in [6, 6.07) is 10.3. The molecular formula is C14H17N3OS. The van der Waals surface area contributed by atoms with Crippen LogP contribution in [0.4, 0.5) is 0 Å². The minimum Gasteiger partial charge on any atom is -0.338 e. The molecule has 0 aliphatic heterocycles. The fourth-order valence-corrected chi connectivity index (χ4v) is 2.55. The minimum atomic E-state index is 0.680. The molecule has 1 fully saturated rings.